The second-order valence-electron chi connectivity index (χ2n) is 6.00. The van der Waals surface area contributed by atoms with Crippen LogP contribution in [0.3, 0.4) is 0 Å². The van der Waals surface area contributed by atoms with Gasteiger partial charge in [0.25, 0.3) is 0 Å². The van der Waals surface area contributed by atoms with Crippen LogP contribution in [-0.2, 0) is 6.54 Å². The number of benzene rings is 3. The molecule has 0 aliphatic rings. The van der Waals surface area contributed by atoms with Crippen LogP contribution in [0.1, 0.15) is 5.56 Å². The Morgan fingerprint density at radius 3 is 2.56 bits per heavy atom. The number of hydrogen-bond acceptors (Lipinski definition) is 5. The Kier molecular flexibility index (Phi) is 4.77. The first-order valence-corrected chi connectivity index (χ1v) is 8.83. The number of anilines is 2. The topological polar surface area (TPSA) is 73.1 Å². The van der Waals surface area contributed by atoms with Crippen LogP contribution < -0.4 is 15.8 Å². The molecular formula is C21H17ClN4O. The van der Waals surface area contributed by atoms with Crippen molar-refractivity contribution in [3.63, 3.8) is 0 Å². The van der Waals surface area contributed by atoms with Crippen LogP contribution in [0.2, 0.25) is 5.02 Å². The highest BCUT2D eigenvalue weighted by molar-refractivity contribution is 6.31. The van der Waals surface area contributed by atoms with E-state index in [1.807, 2.05) is 60.7 Å². The molecule has 0 saturated heterocycles. The predicted octanol–water partition coefficient (Wildman–Crippen LogP) is 5.27. The van der Waals surface area contributed by atoms with Crippen LogP contribution in [0.25, 0.3) is 10.8 Å². The van der Waals surface area contributed by atoms with E-state index in [1.54, 1.807) is 0 Å². The van der Waals surface area contributed by atoms with Crippen molar-refractivity contribution < 1.29 is 4.74 Å². The minimum absolute atomic E-state index is 0.307. The van der Waals surface area contributed by atoms with Gasteiger partial charge < -0.3 is 15.8 Å². The van der Waals surface area contributed by atoms with Crippen molar-refractivity contribution in [2.24, 2.45) is 0 Å². The van der Waals surface area contributed by atoms with E-state index in [4.69, 9.17) is 22.1 Å². The Hall–Kier alpha value is -3.31. The molecule has 1 heterocycles. The molecule has 4 aromatic rings. The van der Waals surface area contributed by atoms with E-state index < -0.39 is 0 Å². The van der Waals surface area contributed by atoms with Crippen molar-refractivity contribution in [3.05, 3.63) is 83.6 Å². The van der Waals surface area contributed by atoms with Gasteiger partial charge in [-0.05, 0) is 34.5 Å². The summed E-state index contributed by atoms with van der Waals surface area (Å²) in [5, 5.41) is 6.10. The zero-order valence-corrected chi connectivity index (χ0v) is 15.1. The Balaban J connectivity index is 1.55. The van der Waals surface area contributed by atoms with Crippen LogP contribution >= 0.6 is 11.6 Å². The third-order valence-electron chi connectivity index (χ3n) is 4.19. The van der Waals surface area contributed by atoms with Gasteiger partial charge in [0.15, 0.2) is 5.82 Å². The molecule has 0 bridgehead atoms. The molecule has 0 aliphatic carbocycles. The molecule has 0 spiro atoms. The second kappa shape index (κ2) is 7.51. The molecule has 0 saturated carbocycles. The second-order valence-corrected chi connectivity index (χ2v) is 6.40. The van der Waals surface area contributed by atoms with Crippen molar-refractivity contribution in [2.75, 3.05) is 11.1 Å². The largest absolute Gasteiger partial charge is 0.437 e. The fourth-order valence-electron chi connectivity index (χ4n) is 2.76. The molecule has 0 radical (unpaired) electrons. The number of nitrogen functional groups attached to an aromatic ring is 1. The van der Waals surface area contributed by atoms with Crippen molar-refractivity contribution in [1.29, 1.82) is 0 Å². The van der Waals surface area contributed by atoms with E-state index in [-0.39, 0.29) is 0 Å². The Morgan fingerprint density at radius 1 is 0.926 bits per heavy atom. The van der Waals surface area contributed by atoms with Crippen LogP contribution in [0.5, 0.6) is 11.6 Å². The number of halogens is 1. The summed E-state index contributed by atoms with van der Waals surface area (Å²) in [4.78, 5) is 8.37. The number of nitrogens with one attached hydrogen (secondary N) is 1. The van der Waals surface area contributed by atoms with Gasteiger partial charge in [-0.15, -0.1) is 0 Å². The first-order chi connectivity index (χ1) is 13.2. The highest BCUT2D eigenvalue weighted by atomic mass is 35.5. The van der Waals surface area contributed by atoms with Gasteiger partial charge >= 0.3 is 0 Å². The zero-order valence-electron chi connectivity index (χ0n) is 14.4. The molecule has 6 heteroatoms. The van der Waals surface area contributed by atoms with E-state index in [2.05, 4.69) is 21.4 Å². The molecule has 0 fully saturated rings. The highest BCUT2D eigenvalue weighted by Crippen LogP contribution is 2.31. The smallest absolute Gasteiger partial charge is 0.248 e. The zero-order chi connectivity index (χ0) is 18.6. The van der Waals surface area contributed by atoms with Gasteiger partial charge in [-0.3, -0.25) is 0 Å². The molecular weight excluding hydrogens is 360 g/mol. The van der Waals surface area contributed by atoms with Gasteiger partial charge in [-0.2, -0.15) is 4.98 Å². The Bertz CT molecular complexity index is 1100. The molecule has 3 aromatic carbocycles. The van der Waals surface area contributed by atoms with Crippen LogP contribution in [0.4, 0.5) is 11.5 Å². The first-order valence-electron chi connectivity index (χ1n) is 8.45. The van der Waals surface area contributed by atoms with Gasteiger partial charge in [0, 0.05) is 11.6 Å². The van der Waals surface area contributed by atoms with E-state index in [0.717, 1.165) is 16.3 Å². The molecule has 0 unspecified atom stereocenters. The van der Waals surface area contributed by atoms with E-state index in [0.29, 0.717) is 34.7 Å². The first kappa shape index (κ1) is 17.1. The Labute approximate surface area is 161 Å². The molecule has 27 heavy (non-hydrogen) atoms. The summed E-state index contributed by atoms with van der Waals surface area (Å²) in [6.07, 6.45) is 1.42. The molecule has 0 aliphatic heterocycles. The lowest BCUT2D eigenvalue weighted by Crippen LogP contribution is -2.07. The number of aromatic nitrogens is 2. The SMILES string of the molecule is Nc1c(NCc2ccccc2Cl)ncnc1Oc1ccc2ccccc2c1. The third-order valence-corrected chi connectivity index (χ3v) is 4.56. The summed E-state index contributed by atoms with van der Waals surface area (Å²) < 4.78 is 5.89. The lowest BCUT2D eigenvalue weighted by atomic mass is 10.1. The summed E-state index contributed by atoms with van der Waals surface area (Å²) in [6, 6.07) is 21.5. The van der Waals surface area contributed by atoms with E-state index in [1.165, 1.54) is 6.33 Å². The lowest BCUT2D eigenvalue weighted by molar-refractivity contribution is 0.465. The molecule has 5 nitrogen and oxygen atoms in total. The van der Waals surface area contributed by atoms with Crippen LogP contribution in [0.15, 0.2) is 73.1 Å². The normalized spacial score (nSPS) is 10.7. The number of hydrogen-bond donors (Lipinski definition) is 2. The maximum atomic E-state index is 6.20. The van der Waals surface area contributed by atoms with Gasteiger partial charge in [-0.25, -0.2) is 4.98 Å². The maximum absolute atomic E-state index is 6.20. The monoisotopic (exact) mass is 376 g/mol. The number of ether oxygens (including phenoxy) is 1. The van der Waals surface area contributed by atoms with Crippen LogP contribution in [0, 0.1) is 0 Å². The third kappa shape index (κ3) is 3.78. The average Bonchev–Trinajstić information content (AvgIpc) is 2.70. The summed E-state index contributed by atoms with van der Waals surface area (Å²) >= 11 is 6.19. The van der Waals surface area contributed by atoms with Gasteiger partial charge in [0.05, 0.1) is 0 Å². The van der Waals surface area contributed by atoms with Gasteiger partial charge in [0.1, 0.15) is 17.8 Å². The fourth-order valence-corrected chi connectivity index (χ4v) is 2.97. The van der Waals surface area contributed by atoms with E-state index in [9.17, 15) is 0 Å². The standard InChI is InChI=1S/C21H17ClN4O/c22-18-8-4-3-7-16(18)12-24-20-19(23)21(26-13-25-20)27-17-10-9-14-5-1-2-6-15(14)11-17/h1-11,13H,12,23H2,(H,24,25,26). The predicted molar refractivity (Wildman–Crippen MR) is 109 cm³/mol. The molecule has 0 amide bonds. The lowest BCUT2D eigenvalue weighted by Gasteiger charge is -2.12. The summed E-state index contributed by atoms with van der Waals surface area (Å²) in [5.74, 6) is 1.47. The van der Waals surface area contributed by atoms with Gasteiger partial charge in [0.2, 0.25) is 5.88 Å². The summed E-state index contributed by atoms with van der Waals surface area (Å²) in [6.45, 7) is 0.496. The minimum Gasteiger partial charge on any atom is -0.437 e. The summed E-state index contributed by atoms with van der Waals surface area (Å²) in [7, 11) is 0. The number of nitrogens with two attached hydrogens (primary N) is 1. The quantitative estimate of drug-likeness (QED) is 0.496. The number of nitrogens with zero attached hydrogens (tertiary/aromatic N) is 2. The van der Waals surface area contributed by atoms with E-state index >= 15 is 0 Å². The molecule has 1 aromatic heterocycles. The number of fused-ring (bicyclic) bond motifs is 1. The highest BCUT2D eigenvalue weighted by Gasteiger charge is 2.11. The molecule has 4 rings (SSSR count). The molecule has 134 valence electrons. The summed E-state index contributed by atoms with van der Waals surface area (Å²) in [5.41, 5.74) is 7.50. The minimum atomic E-state index is 0.307. The van der Waals surface area contributed by atoms with Crippen molar-refractivity contribution in [1.82, 2.24) is 9.97 Å². The molecule has 0 atom stereocenters. The van der Waals surface area contributed by atoms with Crippen molar-refractivity contribution in [3.8, 4) is 11.6 Å². The van der Waals surface area contributed by atoms with Crippen molar-refractivity contribution in [2.45, 2.75) is 6.54 Å². The Morgan fingerprint density at radius 2 is 1.70 bits per heavy atom. The molecule has 3 N–H and O–H groups in total. The maximum Gasteiger partial charge on any atom is 0.248 e. The fraction of sp³-hybridized carbons (Fsp3) is 0.0476. The average molecular weight is 377 g/mol. The number of rotatable bonds is 5. The van der Waals surface area contributed by atoms with Gasteiger partial charge in [-0.1, -0.05) is 60.1 Å². The van der Waals surface area contributed by atoms with Crippen LogP contribution in [-0.4, -0.2) is 9.97 Å². The van der Waals surface area contributed by atoms with Crippen molar-refractivity contribution >= 4 is 33.9 Å².